The Bertz CT molecular complexity index is 1220. The summed E-state index contributed by atoms with van der Waals surface area (Å²) in [5.41, 5.74) is 8.67. The van der Waals surface area contributed by atoms with E-state index in [1.54, 1.807) is 0 Å². The quantitative estimate of drug-likeness (QED) is 0.0986. The fourth-order valence-electron chi connectivity index (χ4n) is 7.29. The molecule has 2 atom stereocenters. The van der Waals surface area contributed by atoms with Crippen LogP contribution < -0.4 is 4.74 Å². The first-order chi connectivity index (χ1) is 20.9. The number of rotatable bonds is 18. The second kappa shape index (κ2) is 18.3. The number of carbonyl (C=O) groups excluding carboxylic acids is 1. The maximum atomic E-state index is 14.6. The molecule has 1 aliphatic heterocycles. The number of benzene rings is 2. The van der Waals surface area contributed by atoms with E-state index >= 15 is 0 Å². The predicted octanol–water partition coefficient (Wildman–Crippen LogP) is 12.1. The maximum Gasteiger partial charge on any atom is 0.166 e. The van der Waals surface area contributed by atoms with Gasteiger partial charge in [0.25, 0.3) is 0 Å². The molecule has 0 saturated heterocycles. The number of unbranched alkanes of at least 4 members (excludes halogenated alkanes) is 2. The summed E-state index contributed by atoms with van der Waals surface area (Å²) in [6, 6.07) is 15.1. The van der Waals surface area contributed by atoms with Crippen LogP contribution in [-0.4, -0.2) is 12.4 Å². The van der Waals surface area contributed by atoms with Crippen molar-refractivity contribution in [3.63, 3.8) is 0 Å². The molecule has 43 heavy (non-hydrogen) atoms. The minimum absolute atomic E-state index is 0. The Morgan fingerprint density at radius 1 is 1.00 bits per heavy atom. The molecule has 0 saturated carbocycles. The molecule has 2 heteroatoms. The number of Topliss-reactive ketones (excluding diaryl/α,β-unsaturated/α-hetero) is 1. The summed E-state index contributed by atoms with van der Waals surface area (Å²) in [5.74, 6) is 2.79. The Morgan fingerprint density at radius 2 is 1.74 bits per heavy atom. The Morgan fingerprint density at radius 3 is 2.40 bits per heavy atom. The lowest BCUT2D eigenvalue weighted by Gasteiger charge is -2.26. The van der Waals surface area contributed by atoms with Gasteiger partial charge in [-0.15, -0.1) is 0 Å². The largest absolute Gasteiger partial charge is 0.493 e. The number of aryl methyl sites for hydroxylation is 2. The fourth-order valence-corrected chi connectivity index (χ4v) is 7.29. The molecule has 0 aliphatic carbocycles. The van der Waals surface area contributed by atoms with E-state index in [0.717, 1.165) is 62.0 Å². The third-order valence-electron chi connectivity index (χ3n) is 9.69. The Hall–Kier alpha value is -2.61. The molecule has 1 heterocycles. The van der Waals surface area contributed by atoms with Crippen LogP contribution in [-0.2, 0) is 11.2 Å². The number of carbonyl (C=O) groups is 1. The van der Waals surface area contributed by atoms with Gasteiger partial charge in [-0.1, -0.05) is 114 Å². The van der Waals surface area contributed by atoms with Crippen molar-refractivity contribution < 1.29 is 11.0 Å². The molecular formula is C41H62O2. The van der Waals surface area contributed by atoms with Crippen LogP contribution in [0.2, 0.25) is 0 Å². The molecule has 2 unspecified atom stereocenters. The van der Waals surface area contributed by atoms with Crippen molar-refractivity contribution in [1.29, 1.82) is 0 Å². The van der Waals surface area contributed by atoms with E-state index in [0.29, 0.717) is 17.6 Å². The van der Waals surface area contributed by atoms with Gasteiger partial charge < -0.3 is 4.74 Å². The summed E-state index contributed by atoms with van der Waals surface area (Å²) < 4.78 is 6.08. The van der Waals surface area contributed by atoms with Gasteiger partial charge in [0.1, 0.15) is 5.75 Å². The molecule has 0 aromatic heterocycles. The van der Waals surface area contributed by atoms with Crippen molar-refractivity contribution in [3.8, 4) is 5.75 Å². The van der Waals surface area contributed by atoms with E-state index in [2.05, 4.69) is 97.0 Å². The zero-order chi connectivity index (χ0) is 31.2. The summed E-state index contributed by atoms with van der Waals surface area (Å²) >= 11 is 0. The van der Waals surface area contributed by atoms with Crippen molar-refractivity contribution in [2.24, 2.45) is 17.8 Å². The van der Waals surface area contributed by atoms with Gasteiger partial charge in [-0.2, -0.15) is 0 Å². The summed E-state index contributed by atoms with van der Waals surface area (Å²) in [6.45, 7) is 16.4. The summed E-state index contributed by atoms with van der Waals surface area (Å²) in [6.07, 6.45) is 16.9. The lowest BCUT2D eigenvalue weighted by Crippen LogP contribution is -2.21. The van der Waals surface area contributed by atoms with E-state index in [4.69, 9.17) is 4.74 Å². The predicted molar refractivity (Wildman–Crippen MR) is 188 cm³/mol. The Labute approximate surface area is 265 Å². The fraction of sp³-hybridized carbons (Fsp3) is 0.585. The van der Waals surface area contributed by atoms with Gasteiger partial charge in [0, 0.05) is 12.9 Å². The van der Waals surface area contributed by atoms with Crippen LogP contribution in [0.25, 0.3) is 5.57 Å². The summed E-state index contributed by atoms with van der Waals surface area (Å²) in [5, 5.41) is 0. The van der Waals surface area contributed by atoms with Crippen LogP contribution in [0.1, 0.15) is 135 Å². The molecule has 0 amide bonds. The second-order valence-corrected chi connectivity index (χ2v) is 13.1. The van der Waals surface area contributed by atoms with Gasteiger partial charge in [-0.05, 0) is 111 Å². The minimum Gasteiger partial charge on any atom is -0.493 e. The Kier molecular flexibility index (Phi) is 14.8. The molecule has 0 radical (unpaired) electrons. The van der Waals surface area contributed by atoms with Gasteiger partial charge in [0.05, 0.1) is 6.61 Å². The van der Waals surface area contributed by atoms with Gasteiger partial charge in [0.2, 0.25) is 0 Å². The van der Waals surface area contributed by atoms with Crippen molar-refractivity contribution in [2.75, 3.05) is 6.61 Å². The molecule has 0 spiro atoms. The first-order valence-corrected chi connectivity index (χ1v) is 17.6. The van der Waals surface area contributed by atoms with Crippen molar-refractivity contribution in [1.82, 2.24) is 0 Å². The van der Waals surface area contributed by atoms with Gasteiger partial charge >= 0.3 is 0 Å². The summed E-state index contributed by atoms with van der Waals surface area (Å²) in [7, 11) is 0. The van der Waals surface area contributed by atoms with Crippen molar-refractivity contribution in [2.45, 2.75) is 132 Å². The maximum absolute atomic E-state index is 14.6. The second-order valence-electron chi connectivity index (χ2n) is 13.1. The van der Waals surface area contributed by atoms with Gasteiger partial charge in [0.15, 0.2) is 5.78 Å². The highest BCUT2D eigenvalue weighted by molar-refractivity contribution is 6.23. The zero-order valence-corrected chi connectivity index (χ0v) is 28.6. The van der Waals surface area contributed by atoms with Gasteiger partial charge in [-0.3, -0.25) is 4.79 Å². The minimum atomic E-state index is 0. The standard InChI is InChI=1S/C41H60O2.H2/c1-8-18-32(19-9-2)27-35(11-4)41(42)40(38-23-17-16-20-31(38)7)37(12-5)34(10-3)22-15-13-14-21-33-28-36-26-30(6)24-25-39(36)43-29-33;/h10,16-17,20,23-26,32-33,35H,8-9,11-15,18-19,21-22,27-29H2,1-7H3;1H/b34-10?,40-37+;. The molecule has 0 N–H and O–H groups in total. The van der Waals surface area contributed by atoms with E-state index in [-0.39, 0.29) is 7.34 Å². The molecule has 3 rings (SSSR count). The van der Waals surface area contributed by atoms with Crippen LogP contribution in [0, 0.1) is 31.6 Å². The monoisotopic (exact) mass is 586 g/mol. The zero-order valence-electron chi connectivity index (χ0n) is 28.6. The number of allylic oxidation sites excluding steroid dienone is 4. The van der Waals surface area contributed by atoms with E-state index < -0.39 is 0 Å². The number of ether oxygens (including phenoxy) is 1. The molecule has 0 bridgehead atoms. The molecular weight excluding hydrogens is 524 g/mol. The topological polar surface area (TPSA) is 26.3 Å². The molecule has 2 aromatic carbocycles. The molecule has 238 valence electrons. The highest BCUT2D eigenvalue weighted by Gasteiger charge is 2.28. The van der Waals surface area contributed by atoms with Crippen molar-refractivity contribution in [3.05, 3.63) is 81.9 Å². The number of fused-ring (bicyclic) bond motifs is 1. The third-order valence-corrected chi connectivity index (χ3v) is 9.69. The van der Waals surface area contributed by atoms with E-state index in [9.17, 15) is 4.79 Å². The van der Waals surface area contributed by atoms with E-state index in [1.165, 1.54) is 72.8 Å². The number of hydrogen-bond acceptors (Lipinski definition) is 2. The molecule has 1 aliphatic rings. The molecule has 2 nitrogen and oxygen atoms in total. The Balaban J connectivity index is 0.00000675. The average Bonchev–Trinajstić information content (AvgIpc) is 3.01. The first-order valence-electron chi connectivity index (χ1n) is 17.6. The third kappa shape index (κ3) is 9.95. The summed E-state index contributed by atoms with van der Waals surface area (Å²) in [4.78, 5) is 14.6. The van der Waals surface area contributed by atoms with Crippen LogP contribution in [0.5, 0.6) is 5.75 Å². The lowest BCUT2D eigenvalue weighted by atomic mass is 9.78. The van der Waals surface area contributed by atoms with Crippen LogP contribution >= 0.6 is 0 Å². The first kappa shape index (κ1) is 34.9. The van der Waals surface area contributed by atoms with E-state index in [1.807, 2.05) is 0 Å². The lowest BCUT2D eigenvalue weighted by molar-refractivity contribution is -0.118. The van der Waals surface area contributed by atoms with Crippen LogP contribution in [0.15, 0.2) is 59.7 Å². The highest BCUT2D eigenvalue weighted by atomic mass is 16.5. The van der Waals surface area contributed by atoms with Crippen molar-refractivity contribution >= 4 is 11.4 Å². The SMILES string of the molecule is CC=C(CCCCCC1COc2ccc(C)cc2C1)/C(CC)=C(/C(=O)C(CC)CC(CCC)CCC)c1ccccc1C.[HH]. The van der Waals surface area contributed by atoms with Crippen LogP contribution in [0.3, 0.4) is 0 Å². The number of hydrogen-bond donors (Lipinski definition) is 0. The molecule has 2 aromatic rings. The average molecular weight is 587 g/mol. The molecule has 0 fully saturated rings. The smallest absolute Gasteiger partial charge is 0.166 e. The van der Waals surface area contributed by atoms with Gasteiger partial charge in [-0.25, -0.2) is 0 Å². The normalized spacial score (nSPS) is 16.5. The van der Waals surface area contributed by atoms with Crippen LogP contribution in [0.4, 0.5) is 0 Å². The number of ketones is 1. The highest BCUT2D eigenvalue weighted by Crippen LogP contribution is 2.37.